The van der Waals surface area contributed by atoms with Gasteiger partial charge in [-0.25, -0.2) is 4.98 Å². The van der Waals surface area contributed by atoms with Gasteiger partial charge < -0.3 is 5.32 Å². The summed E-state index contributed by atoms with van der Waals surface area (Å²) < 4.78 is 0.881. The van der Waals surface area contributed by atoms with Gasteiger partial charge in [0, 0.05) is 16.5 Å². The molecule has 0 amide bonds. The number of pyridine rings is 1. The summed E-state index contributed by atoms with van der Waals surface area (Å²) in [5.41, 5.74) is 0.00598. The van der Waals surface area contributed by atoms with Crippen molar-refractivity contribution >= 4 is 44.9 Å². The highest BCUT2D eigenvalue weighted by Gasteiger charge is 2.36. The predicted octanol–water partition coefficient (Wildman–Crippen LogP) is 4.07. The van der Waals surface area contributed by atoms with Crippen molar-refractivity contribution in [3.63, 3.8) is 0 Å². The molecule has 1 fully saturated rings. The summed E-state index contributed by atoms with van der Waals surface area (Å²) in [5.74, 6) is 1.32. The lowest BCUT2D eigenvalue weighted by Gasteiger charge is -2.41. The monoisotopic (exact) mass is 308 g/mol. The molecule has 0 atom stereocenters. The number of halogens is 3. The van der Waals surface area contributed by atoms with Crippen LogP contribution in [-0.2, 0) is 0 Å². The predicted molar refractivity (Wildman–Crippen MR) is 67.9 cm³/mol. The molecule has 2 nitrogen and oxygen atoms in total. The van der Waals surface area contributed by atoms with Gasteiger partial charge in [0.1, 0.15) is 5.82 Å². The molecule has 15 heavy (non-hydrogen) atoms. The van der Waals surface area contributed by atoms with Gasteiger partial charge in [0.15, 0.2) is 0 Å². The number of alkyl halides is 1. The van der Waals surface area contributed by atoms with E-state index in [0.29, 0.717) is 10.9 Å². The number of hydrogen-bond acceptors (Lipinski definition) is 2. The number of rotatable bonds is 3. The fraction of sp³-hybridized carbons (Fsp3) is 0.500. The zero-order valence-corrected chi connectivity index (χ0v) is 11.2. The maximum atomic E-state index is 6.08. The van der Waals surface area contributed by atoms with Gasteiger partial charge in [-0.2, -0.15) is 0 Å². The molecule has 0 radical (unpaired) electrons. The van der Waals surface area contributed by atoms with Crippen molar-refractivity contribution in [2.24, 2.45) is 0 Å². The number of anilines is 1. The van der Waals surface area contributed by atoms with Gasteiger partial charge in [0.25, 0.3) is 0 Å². The summed E-state index contributed by atoms with van der Waals surface area (Å²) in [4.78, 5) is 4.24. The SMILES string of the molecule is ClCC1(Nc2ncc(Br)cc2Cl)CCC1. The number of hydrogen-bond donors (Lipinski definition) is 1. The van der Waals surface area contributed by atoms with Crippen molar-refractivity contribution in [2.75, 3.05) is 11.2 Å². The third kappa shape index (κ3) is 2.40. The molecule has 1 N–H and O–H groups in total. The van der Waals surface area contributed by atoms with Gasteiger partial charge >= 0.3 is 0 Å². The normalized spacial score (nSPS) is 18.3. The maximum Gasteiger partial charge on any atom is 0.145 e. The standard InChI is InChI=1S/C10H11BrCl2N2/c11-7-4-8(13)9(14-5-7)15-10(6-12)2-1-3-10/h4-5H,1-3,6H2,(H,14,15). The summed E-state index contributed by atoms with van der Waals surface area (Å²) in [6, 6.07) is 1.83. The molecule has 0 spiro atoms. The molecule has 2 rings (SSSR count). The summed E-state index contributed by atoms with van der Waals surface area (Å²) >= 11 is 15.3. The van der Waals surface area contributed by atoms with E-state index in [1.165, 1.54) is 6.42 Å². The van der Waals surface area contributed by atoms with Crippen molar-refractivity contribution < 1.29 is 0 Å². The molecule has 0 unspecified atom stereocenters. The molecular weight excluding hydrogens is 299 g/mol. The van der Waals surface area contributed by atoms with Crippen LogP contribution in [0.1, 0.15) is 19.3 Å². The van der Waals surface area contributed by atoms with Gasteiger partial charge in [-0.15, -0.1) is 11.6 Å². The van der Waals surface area contributed by atoms with Crippen LogP contribution in [0.5, 0.6) is 0 Å². The molecule has 0 aliphatic heterocycles. The van der Waals surface area contributed by atoms with E-state index in [4.69, 9.17) is 23.2 Å². The Morgan fingerprint density at radius 3 is 2.73 bits per heavy atom. The first kappa shape index (κ1) is 11.5. The molecule has 82 valence electrons. The molecule has 1 aromatic rings. The van der Waals surface area contributed by atoms with Crippen molar-refractivity contribution in [1.29, 1.82) is 0 Å². The molecule has 5 heteroatoms. The van der Waals surface area contributed by atoms with Gasteiger partial charge in [-0.1, -0.05) is 11.6 Å². The van der Waals surface area contributed by atoms with E-state index in [1.807, 2.05) is 6.07 Å². The smallest absolute Gasteiger partial charge is 0.145 e. The lowest BCUT2D eigenvalue weighted by atomic mass is 9.78. The summed E-state index contributed by atoms with van der Waals surface area (Å²) in [7, 11) is 0. The highest BCUT2D eigenvalue weighted by molar-refractivity contribution is 9.10. The van der Waals surface area contributed by atoms with Gasteiger partial charge in [-0.3, -0.25) is 0 Å². The Morgan fingerprint density at radius 2 is 2.27 bits per heavy atom. The van der Waals surface area contributed by atoms with E-state index >= 15 is 0 Å². The zero-order chi connectivity index (χ0) is 10.9. The Balaban J connectivity index is 2.16. The second kappa shape index (κ2) is 4.48. The highest BCUT2D eigenvalue weighted by Crippen LogP contribution is 2.37. The van der Waals surface area contributed by atoms with Crippen LogP contribution in [0, 0.1) is 0 Å². The quantitative estimate of drug-likeness (QED) is 0.851. The van der Waals surface area contributed by atoms with Crippen LogP contribution in [0.3, 0.4) is 0 Å². The summed E-state index contributed by atoms with van der Waals surface area (Å²) in [6.45, 7) is 0. The maximum absolute atomic E-state index is 6.08. The molecule has 1 saturated carbocycles. The van der Waals surface area contributed by atoms with Crippen LogP contribution in [0.4, 0.5) is 5.82 Å². The van der Waals surface area contributed by atoms with Crippen LogP contribution in [0.15, 0.2) is 16.7 Å². The van der Waals surface area contributed by atoms with Crippen molar-refractivity contribution in [2.45, 2.75) is 24.8 Å². The van der Waals surface area contributed by atoms with E-state index < -0.39 is 0 Å². The fourth-order valence-corrected chi connectivity index (χ4v) is 2.66. The number of nitrogens with one attached hydrogen (secondary N) is 1. The minimum absolute atomic E-state index is 0.00598. The van der Waals surface area contributed by atoms with Crippen LogP contribution in [-0.4, -0.2) is 16.4 Å². The average molecular weight is 310 g/mol. The van der Waals surface area contributed by atoms with Gasteiger partial charge in [0.2, 0.25) is 0 Å². The Bertz CT molecular complexity index is 361. The first-order chi connectivity index (χ1) is 7.15. The third-order valence-electron chi connectivity index (χ3n) is 2.76. The highest BCUT2D eigenvalue weighted by atomic mass is 79.9. The molecule has 0 bridgehead atoms. The van der Waals surface area contributed by atoms with Crippen LogP contribution < -0.4 is 5.32 Å². The van der Waals surface area contributed by atoms with Gasteiger partial charge in [-0.05, 0) is 41.3 Å². The number of nitrogens with zero attached hydrogens (tertiary/aromatic N) is 1. The fourth-order valence-electron chi connectivity index (χ4n) is 1.65. The average Bonchev–Trinajstić information content (AvgIpc) is 2.14. The van der Waals surface area contributed by atoms with Crippen molar-refractivity contribution in [1.82, 2.24) is 4.98 Å². The van der Waals surface area contributed by atoms with E-state index in [9.17, 15) is 0 Å². The summed E-state index contributed by atoms with van der Waals surface area (Å²) in [5, 5.41) is 3.97. The van der Waals surface area contributed by atoms with Crippen LogP contribution in [0.2, 0.25) is 5.02 Å². The second-order valence-electron chi connectivity index (χ2n) is 3.88. The Labute approximate surface area is 107 Å². The van der Waals surface area contributed by atoms with E-state index in [0.717, 1.165) is 23.1 Å². The minimum atomic E-state index is 0.00598. The first-order valence-corrected chi connectivity index (χ1v) is 6.51. The Kier molecular flexibility index (Phi) is 3.43. The molecule has 0 saturated heterocycles. The Morgan fingerprint density at radius 1 is 1.53 bits per heavy atom. The molecule has 1 aliphatic carbocycles. The van der Waals surface area contributed by atoms with Gasteiger partial charge in [0.05, 0.1) is 10.6 Å². The Hall–Kier alpha value is 0.01000. The van der Waals surface area contributed by atoms with E-state index in [-0.39, 0.29) is 5.54 Å². The molecule has 1 aliphatic rings. The molecule has 0 aromatic carbocycles. The van der Waals surface area contributed by atoms with Crippen molar-refractivity contribution in [3.05, 3.63) is 21.8 Å². The molecular formula is C10H11BrCl2N2. The van der Waals surface area contributed by atoms with E-state index in [1.54, 1.807) is 6.20 Å². The minimum Gasteiger partial charge on any atom is -0.362 e. The van der Waals surface area contributed by atoms with Crippen molar-refractivity contribution in [3.8, 4) is 0 Å². The second-order valence-corrected chi connectivity index (χ2v) is 5.47. The topological polar surface area (TPSA) is 24.9 Å². The summed E-state index contributed by atoms with van der Waals surface area (Å²) in [6.07, 6.45) is 5.12. The number of aromatic nitrogens is 1. The van der Waals surface area contributed by atoms with Crippen LogP contribution >= 0.6 is 39.1 Å². The van der Waals surface area contributed by atoms with Crippen LogP contribution in [0.25, 0.3) is 0 Å². The lowest BCUT2D eigenvalue weighted by molar-refractivity contribution is 0.310. The first-order valence-electron chi connectivity index (χ1n) is 4.80. The lowest BCUT2D eigenvalue weighted by Crippen LogP contribution is -2.47. The molecule has 1 aromatic heterocycles. The van der Waals surface area contributed by atoms with E-state index in [2.05, 4.69) is 26.2 Å². The third-order valence-corrected chi connectivity index (χ3v) is 3.99. The zero-order valence-electron chi connectivity index (χ0n) is 8.06. The largest absolute Gasteiger partial charge is 0.362 e. The molecule has 1 heterocycles.